The molecule has 0 spiro atoms. The van der Waals surface area contributed by atoms with Crippen LogP contribution in [0.5, 0.6) is 5.75 Å². The third-order valence-corrected chi connectivity index (χ3v) is 3.07. The van der Waals surface area contributed by atoms with Crippen LogP contribution in [0.3, 0.4) is 0 Å². The Morgan fingerprint density at radius 2 is 1.91 bits per heavy atom. The van der Waals surface area contributed by atoms with Crippen LogP contribution in [0, 0.1) is 0 Å². The van der Waals surface area contributed by atoms with Gasteiger partial charge in [-0.1, -0.05) is 0 Å². The minimum Gasteiger partial charge on any atom is -0.496 e. The maximum atomic E-state index is 5.74. The zero-order valence-electron chi connectivity index (χ0n) is 11.2. The fourth-order valence-electron chi connectivity index (χ4n) is 1.83. The molecule has 3 aromatic rings. The van der Waals surface area contributed by atoms with Crippen LogP contribution in [-0.2, 0) is 0 Å². The van der Waals surface area contributed by atoms with E-state index in [0.29, 0.717) is 17.2 Å². The van der Waals surface area contributed by atoms with Crippen molar-refractivity contribution in [3.05, 3.63) is 41.4 Å². The summed E-state index contributed by atoms with van der Waals surface area (Å²) in [6.45, 7) is 0. The molecule has 0 amide bonds. The van der Waals surface area contributed by atoms with E-state index in [2.05, 4.69) is 25.3 Å². The number of hydrogen-bond donors (Lipinski definition) is 1. The van der Waals surface area contributed by atoms with Crippen LogP contribution >= 0.6 is 23.2 Å². The van der Waals surface area contributed by atoms with Crippen molar-refractivity contribution in [1.29, 1.82) is 0 Å². The lowest BCUT2D eigenvalue weighted by Crippen LogP contribution is -2.00. The molecule has 2 heterocycles. The molecule has 112 valence electrons. The van der Waals surface area contributed by atoms with Gasteiger partial charge in [-0.15, -0.1) is 0 Å². The molecule has 0 bridgehead atoms. The first-order valence-electron chi connectivity index (χ1n) is 6.06. The first kappa shape index (κ1) is 14.6. The molecule has 22 heavy (non-hydrogen) atoms. The van der Waals surface area contributed by atoms with Crippen LogP contribution in [0.15, 0.2) is 35.2 Å². The molecule has 1 N–H and O–H groups in total. The van der Waals surface area contributed by atoms with Crippen LogP contribution in [-0.4, -0.2) is 27.0 Å². The van der Waals surface area contributed by atoms with Gasteiger partial charge in [-0.25, -0.2) is 4.98 Å². The van der Waals surface area contributed by atoms with Gasteiger partial charge in [0.2, 0.25) is 16.5 Å². The quantitative estimate of drug-likeness (QED) is 0.778. The topological polar surface area (TPSA) is 86.0 Å². The minimum atomic E-state index is 0.00717. The van der Waals surface area contributed by atoms with Crippen molar-refractivity contribution in [1.82, 2.24) is 19.9 Å². The lowest BCUT2D eigenvalue weighted by Gasteiger charge is -2.10. The molecule has 0 aliphatic heterocycles. The molecule has 9 heteroatoms. The minimum absolute atomic E-state index is 0.00717. The number of anilines is 2. The molecule has 0 radical (unpaired) electrons. The number of benzene rings is 1. The number of rotatable bonds is 4. The molecule has 0 saturated heterocycles. The highest BCUT2D eigenvalue weighted by Crippen LogP contribution is 2.32. The summed E-state index contributed by atoms with van der Waals surface area (Å²) in [7, 11) is 1.57. The summed E-state index contributed by atoms with van der Waals surface area (Å²) in [6.07, 6.45) is 2.96. The maximum absolute atomic E-state index is 5.74. The molecule has 0 fully saturated rings. The Hall–Kier alpha value is -2.38. The Balaban J connectivity index is 1.92. The number of aromatic nitrogens is 4. The van der Waals surface area contributed by atoms with Gasteiger partial charge in [0.1, 0.15) is 5.75 Å². The zero-order valence-corrected chi connectivity index (χ0v) is 12.8. The van der Waals surface area contributed by atoms with E-state index in [4.69, 9.17) is 32.4 Å². The molecular formula is C13H9Cl2N5O2. The number of nitrogens with zero attached hydrogens (tertiary/aromatic N) is 4. The third-order valence-electron chi connectivity index (χ3n) is 2.74. The van der Waals surface area contributed by atoms with Gasteiger partial charge in [0.25, 0.3) is 0 Å². The molecule has 0 unspecified atom stereocenters. The second-order valence-electron chi connectivity index (χ2n) is 4.10. The fourth-order valence-corrected chi connectivity index (χ4v) is 2.20. The number of oxazole rings is 1. The first-order valence-corrected chi connectivity index (χ1v) is 6.82. The van der Waals surface area contributed by atoms with E-state index < -0.39 is 0 Å². The van der Waals surface area contributed by atoms with Crippen molar-refractivity contribution >= 4 is 34.8 Å². The molecule has 3 rings (SSSR count). The van der Waals surface area contributed by atoms with Gasteiger partial charge in [0.05, 0.1) is 18.9 Å². The lowest BCUT2D eigenvalue weighted by atomic mass is 10.1. The van der Waals surface area contributed by atoms with E-state index in [9.17, 15) is 0 Å². The van der Waals surface area contributed by atoms with Gasteiger partial charge < -0.3 is 14.5 Å². The summed E-state index contributed by atoms with van der Waals surface area (Å²) in [5, 5.41) is 2.99. The second-order valence-corrected chi connectivity index (χ2v) is 4.78. The highest BCUT2D eigenvalue weighted by molar-refractivity contribution is 6.31. The van der Waals surface area contributed by atoms with Crippen LogP contribution < -0.4 is 10.1 Å². The van der Waals surface area contributed by atoms with Gasteiger partial charge in [0, 0.05) is 11.8 Å². The highest BCUT2D eigenvalue weighted by atomic mass is 35.5. The van der Waals surface area contributed by atoms with E-state index in [-0.39, 0.29) is 16.5 Å². The average Bonchev–Trinajstić information content (AvgIpc) is 3.00. The molecule has 0 aliphatic rings. The number of hydrogen-bond acceptors (Lipinski definition) is 7. The molecule has 0 saturated carbocycles. The standard InChI is InChI=1S/C13H9Cl2N5O2/c1-21-9-4-7(2-3-8(9)10-5-16-6-22-10)17-13-19-11(14)18-12(15)20-13/h2-6H,1H3,(H,17,18,19,20). The molecule has 0 atom stereocenters. The summed E-state index contributed by atoms with van der Waals surface area (Å²) in [5.74, 6) is 1.45. The normalized spacial score (nSPS) is 10.5. The summed E-state index contributed by atoms with van der Waals surface area (Å²) >= 11 is 11.5. The monoisotopic (exact) mass is 337 g/mol. The lowest BCUT2D eigenvalue weighted by molar-refractivity contribution is 0.415. The molecule has 7 nitrogen and oxygen atoms in total. The average molecular weight is 338 g/mol. The van der Waals surface area contributed by atoms with Crippen molar-refractivity contribution in [3.63, 3.8) is 0 Å². The molecular weight excluding hydrogens is 329 g/mol. The maximum Gasteiger partial charge on any atom is 0.232 e. The van der Waals surface area contributed by atoms with Crippen molar-refractivity contribution < 1.29 is 9.15 Å². The molecule has 1 aromatic carbocycles. The van der Waals surface area contributed by atoms with Crippen molar-refractivity contribution in [2.24, 2.45) is 0 Å². The predicted molar refractivity (Wildman–Crippen MR) is 81.6 cm³/mol. The van der Waals surface area contributed by atoms with Crippen LogP contribution in [0.25, 0.3) is 11.3 Å². The fraction of sp³-hybridized carbons (Fsp3) is 0.0769. The van der Waals surface area contributed by atoms with Gasteiger partial charge in [-0.05, 0) is 35.3 Å². The SMILES string of the molecule is COc1cc(Nc2nc(Cl)nc(Cl)n2)ccc1-c1cnco1. The van der Waals surface area contributed by atoms with Gasteiger partial charge >= 0.3 is 0 Å². The Labute approximate surface area is 135 Å². The van der Waals surface area contributed by atoms with Gasteiger partial charge in [0.15, 0.2) is 12.2 Å². The molecule has 2 aromatic heterocycles. The van der Waals surface area contributed by atoms with Crippen molar-refractivity contribution in [2.75, 3.05) is 12.4 Å². The summed E-state index contributed by atoms with van der Waals surface area (Å²) in [5.41, 5.74) is 1.47. The van der Waals surface area contributed by atoms with E-state index in [0.717, 1.165) is 5.56 Å². The Morgan fingerprint density at radius 1 is 1.14 bits per heavy atom. The Morgan fingerprint density at radius 3 is 2.55 bits per heavy atom. The van der Waals surface area contributed by atoms with Crippen LogP contribution in [0.1, 0.15) is 0 Å². The van der Waals surface area contributed by atoms with Gasteiger partial charge in [-0.2, -0.15) is 15.0 Å². The van der Waals surface area contributed by atoms with E-state index >= 15 is 0 Å². The summed E-state index contributed by atoms with van der Waals surface area (Å²) in [6, 6.07) is 5.40. The predicted octanol–water partition coefficient (Wildman–Crippen LogP) is 3.59. The first-order chi connectivity index (χ1) is 10.7. The second kappa shape index (κ2) is 6.17. The van der Waals surface area contributed by atoms with E-state index in [1.807, 2.05) is 12.1 Å². The Bertz CT molecular complexity index is 775. The molecule has 0 aliphatic carbocycles. The smallest absolute Gasteiger partial charge is 0.232 e. The third kappa shape index (κ3) is 3.10. The van der Waals surface area contributed by atoms with E-state index in [1.54, 1.807) is 19.4 Å². The largest absolute Gasteiger partial charge is 0.496 e. The number of methoxy groups -OCH3 is 1. The van der Waals surface area contributed by atoms with Crippen molar-refractivity contribution in [2.45, 2.75) is 0 Å². The number of ether oxygens (including phenoxy) is 1. The summed E-state index contributed by atoms with van der Waals surface area (Å²) in [4.78, 5) is 15.4. The van der Waals surface area contributed by atoms with Crippen molar-refractivity contribution in [3.8, 4) is 17.1 Å². The summed E-state index contributed by atoms with van der Waals surface area (Å²) < 4.78 is 10.6. The zero-order chi connectivity index (χ0) is 15.5. The van der Waals surface area contributed by atoms with E-state index in [1.165, 1.54) is 6.39 Å². The number of nitrogens with one attached hydrogen (secondary N) is 1. The van der Waals surface area contributed by atoms with Crippen LogP contribution in [0.2, 0.25) is 10.6 Å². The van der Waals surface area contributed by atoms with Gasteiger partial charge in [-0.3, -0.25) is 0 Å². The highest BCUT2D eigenvalue weighted by Gasteiger charge is 2.11. The number of halogens is 2. The van der Waals surface area contributed by atoms with Crippen LogP contribution in [0.4, 0.5) is 11.6 Å². The Kier molecular flexibility index (Phi) is 4.08.